The molecule has 2 amide bonds. The second-order valence-electron chi connectivity index (χ2n) is 7.83. The summed E-state index contributed by atoms with van der Waals surface area (Å²) >= 11 is 0. The van der Waals surface area contributed by atoms with E-state index >= 15 is 0 Å². The molecule has 1 aliphatic rings. The van der Waals surface area contributed by atoms with Gasteiger partial charge in [-0.25, -0.2) is 0 Å². The van der Waals surface area contributed by atoms with Crippen LogP contribution in [0.25, 0.3) is 0 Å². The van der Waals surface area contributed by atoms with E-state index < -0.39 is 6.04 Å². The van der Waals surface area contributed by atoms with Gasteiger partial charge in [0.2, 0.25) is 11.8 Å². The molecule has 1 saturated heterocycles. The largest absolute Gasteiger partial charge is 0.354 e. The minimum absolute atomic E-state index is 0.00864. The van der Waals surface area contributed by atoms with E-state index in [-0.39, 0.29) is 35.1 Å². The summed E-state index contributed by atoms with van der Waals surface area (Å²) in [6, 6.07) is -0.681. The molecule has 1 rings (SSSR count). The number of likely N-dealkylation sites (N-methyl/N-ethyl adjacent to an activating group) is 1. The molecule has 138 valence electrons. The van der Waals surface area contributed by atoms with E-state index in [9.17, 15) is 14.4 Å². The van der Waals surface area contributed by atoms with E-state index in [1.54, 1.807) is 11.9 Å². The molecule has 0 aromatic heterocycles. The Kier molecular flexibility index (Phi) is 7.39. The molecule has 1 aliphatic heterocycles. The number of carbonyl (C=O) groups is 3. The highest BCUT2D eigenvalue weighted by Crippen LogP contribution is 2.25. The third kappa shape index (κ3) is 4.79. The molecule has 3 unspecified atom stereocenters. The SMILES string of the molecule is CNC(C(=O)N1CCCC1C(=O)NCC(C)(C)C(C)C=O)C(C)C. The van der Waals surface area contributed by atoms with Crippen molar-refractivity contribution in [1.29, 1.82) is 0 Å². The molecule has 6 nitrogen and oxygen atoms in total. The van der Waals surface area contributed by atoms with Gasteiger partial charge in [0.15, 0.2) is 0 Å². The van der Waals surface area contributed by atoms with E-state index in [1.165, 1.54) is 0 Å². The van der Waals surface area contributed by atoms with Crippen molar-refractivity contribution >= 4 is 18.1 Å². The average molecular weight is 339 g/mol. The molecule has 0 aromatic carbocycles. The van der Waals surface area contributed by atoms with Crippen molar-refractivity contribution in [3.63, 3.8) is 0 Å². The summed E-state index contributed by atoms with van der Waals surface area (Å²) in [7, 11) is 1.77. The van der Waals surface area contributed by atoms with Gasteiger partial charge >= 0.3 is 0 Å². The zero-order chi connectivity index (χ0) is 18.5. The van der Waals surface area contributed by atoms with Crippen LogP contribution in [0, 0.1) is 17.3 Å². The molecule has 6 heteroatoms. The van der Waals surface area contributed by atoms with Gasteiger partial charge in [-0.3, -0.25) is 9.59 Å². The lowest BCUT2D eigenvalue weighted by molar-refractivity contribution is -0.141. The molecule has 0 radical (unpaired) electrons. The zero-order valence-electron chi connectivity index (χ0n) is 15.9. The summed E-state index contributed by atoms with van der Waals surface area (Å²) in [5.74, 6) is -0.107. The van der Waals surface area contributed by atoms with Gasteiger partial charge in [0.1, 0.15) is 12.3 Å². The first-order valence-corrected chi connectivity index (χ1v) is 8.86. The average Bonchev–Trinajstić information content (AvgIpc) is 3.01. The van der Waals surface area contributed by atoms with Gasteiger partial charge in [-0.05, 0) is 31.2 Å². The van der Waals surface area contributed by atoms with Crippen molar-refractivity contribution in [2.24, 2.45) is 17.3 Å². The molecule has 0 bridgehead atoms. The molecular weight excluding hydrogens is 306 g/mol. The third-order valence-electron chi connectivity index (χ3n) is 5.24. The number of hydrogen-bond acceptors (Lipinski definition) is 4. The summed E-state index contributed by atoms with van der Waals surface area (Å²) in [6.07, 6.45) is 2.44. The Labute approximate surface area is 145 Å². The topological polar surface area (TPSA) is 78.5 Å². The Bertz CT molecular complexity index is 462. The van der Waals surface area contributed by atoms with Crippen LogP contribution < -0.4 is 10.6 Å². The highest BCUT2D eigenvalue weighted by molar-refractivity contribution is 5.90. The summed E-state index contributed by atoms with van der Waals surface area (Å²) in [5, 5.41) is 5.99. The van der Waals surface area contributed by atoms with Crippen LogP contribution >= 0.6 is 0 Å². The summed E-state index contributed by atoms with van der Waals surface area (Å²) in [5.41, 5.74) is -0.309. The van der Waals surface area contributed by atoms with Crippen LogP contribution in [-0.4, -0.2) is 55.2 Å². The van der Waals surface area contributed by atoms with Gasteiger partial charge in [-0.15, -0.1) is 0 Å². The molecule has 24 heavy (non-hydrogen) atoms. The lowest BCUT2D eigenvalue weighted by Crippen LogP contribution is -2.54. The zero-order valence-corrected chi connectivity index (χ0v) is 15.9. The quantitative estimate of drug-likeness (QED) is 0.651. The molecule has 3 atom stereocenters. The number of likely N-dealkylation sites (tertiary alicyclic amines) is 1. The fraction of sp³-hybridized carbons (Fsp3) is 0.833. The second-order valence-corrected chi connectivity index (χ2v) is 7.83. The van der Waals surface area contributed by atoms with Crippen molar-refractivity contribution < 1.29 is 14.4 Å². The standard InChI is InChI=1S/C18H33N3O3/c1-12(2)15(19-6)17(24)21-9-7-8-14(21)16(23)20-11-18(4,5)13(3)10-22/h10,12-15,19H,7-9,11H2,1-6H3,(H,20,23). The van der Waals surface area contributed by atoms with E-state index in [0.717, 1.165) is 12.7 Å². The molecule has 0 aromatic rings. The van der Waals surface area contributed by atoms with Crippen LogP contribution in [0.1, 0.15) is 47.5 Å². The molecule has 0 aliphatic carbocycles. The molecule has 0 spiro atoms. The highest BCUT2D eigenvalue weighted by atomic mass is 16.2. The van der Waals surface area contributed by atoms with Crippen molar-refractivity contribution in [1.82, 2.24) is 15.5 Å². The van der Waals surface area contributed by atoms with E-state index in [2.05, 4.69) is 10.6 Å². The van der Waals surface area contributed by atoms with Gasteiger partial charge in [0.05, 0.1) is 6.04 Å². The van der Waals surface area contributed by atoms with Crippen molar-refractivity contribution in [3.05, 3.63) is 0 Å². The first-order valence-electron chi connectivity index (χ1n) is 8.86. The van der Waals surface area contributed by atoms with E-state index in [0.29, 0.717) is 19.5 Å². The van der Waals surface area contributed by atoms with Gasteiger partial charge in [-0.1, -0.05) is 34.6 Å². The number of rotatable bonds is 8. The Morgan fingerprint density at radius 1 is 1.29 bits per heavy atom. The predicted octanol–water partition coefficient (Wildman–Crippen LogP) is 1.20. The van der Waals surface area contributed by atoms with Crippen LogP contribution in [0.4, 0.5) is 0 Å². The van der Waals surface area contributed by atoms with Crippen molar-refractivity contribution in [3.8, 4) is 0 Å². The Morgan fingerprint density at radius 2 is 1.92 bits per heavy atom. The summed E-state index contributed by atoms with van der Waals surface area (Å²) in [4.78, 5) is 38.0. The van der Waals surface area contributed by atoms with Gasteiger partial charge < -0.3 is 20.3 Å². The number of hydrogen-bond donors (Lipinski definition) is 2. The minimum atomic E-state index is -0.408. The Balaban J connectivity index is 2.72. The maximum absolute atomic E-state index is 12.7. The summed E-state index contributed by atoms with van der Waals surface area (Å²) < 4.78 is 0. The minimum Gasteiger partial charge on any atom is -0.354 e. The highest BCUT2D eigenvalue weighted by Gasteiger charge is 2.38. The van der Waals surface area contributed by atoms with E-state index in [4.69, 9.17) is 0 Å². The second kappa shape index (κ2) is 8.60. The number of carbonyl (C=O) groups excluding carboxylic acids is 3. The molecule has 2 N–H and O–H groups in total. The smallest absolute Gasteiger partial charge is 0.242 e. The van der Waals surface area contributed by atoms with Gasteiger partial charge in [0, 0.05) is 19.0 Å². The number of nitrogens with zero attached hydrogens (tertiary/aromatic N) is 1. The molecule has 1 heterocycles. The Hall–Kier alpha value is -1.43. The first kappa shape index (κ1) is 20.6. The Morgan fingerprint density at radius 3 is 2.42 bits per heavy atom. The normalized spacial score (nSPS) is 20.8. The maximum atomic E-state index is 12.7. The monoisotopic (exact) mass is 339 g/mol. The predicted molar refractivity (Wildman–Crippen MR) is 94.4 cm³/mol. The number of amides is 2. The van der Waals surface area contributed by atoms with Crippen molar-refractivity contribution in [2.75, 3.05) is 20.1 Å². The third-order valence-corrected chi connectivity index (χ3v) is 5.24. The lowest BCUT2D eigenvalue weighted by atomic mass is 9.81. The number of nitrogens with one attached hydrogen (secondary N) is 2. The van der Waals surface area contributed by atoms with Crippen molar-refractivity contribution in [2.45, 2.75) is 59.5 Å². The van der Waals surface area contributed by atoms with Crippen LogP contribution in [0.15, 0.2) is 0 Å². The maximum Gasteiger partial charge on any atom is 0.242 e. The summed E-state index contributed by atoms with van der Waals surface area (Å²) in [6.45, 7) is 10.8. The number of aldehydes is 1. The van der Waals surface area contributed by atoms with Crippen LogP contribution in [-0.2, 0) is 14.4 Å². The first-order chi connectivity index (χ1) is 11.2. The fourth-order valence-electron chi connectivity index (χ4n) is 3.00. The van der Waals surface area contributed by atoms with Crippen LogP contribution in [0.2, 0.25) is 0 Å². The molecular formula is C18H33N3O3. The van der Waals surface area contributed by atoms with E-state index in [1.807, 2.05) is 34.6 Å². The van der Waals surface area contributed by atoms with Crippen LogP contribution in [0.5, 0.6) is 0 Å². The van der Waals surface area contributed by atoms with Gasteiger partial charge in [0.25, 0.3) is 0 Å². The van der Waals surface area contributed by atoms with Crippen LogP contribution in [0.3, 0.4) is 0 Å². The molecule has 0 saturated carbocycles. The molecule has 1 fully saturated rings. The fourth-order valence-corrected chi connectivity index (χ4v) is 3.00. The van der Waals surface area contributed by atoms with Gasteiger partial charge in [-0.2, -0.15) is 0 Å². The lowest BCUT2D eigenvalue weighted by Gasteiger charge is -2.32.